The second-order valence-corrected chi connectivity index (χ2v) is 18.2. The smallest absolute Gasteiger partial charge is 0.236 e. The van der Waals surface area contributed by atoms with Crippen molar-refractivity contribution in [2.75, 3.05) is 0 Å². The molecule has 1 saturated carbocycles. The Morgan fingerprint density at radius 1 is 0.481 bits per heavy atom. The SMILES string of the molecule is Cc1ccc(C(O)(c2ccc(C)cc2)[C@H](NC(=O)C2(C(=O)N[C@H](C(C)(C)C)C(O)(c3ccc(C)cc3)c3ccc(C)cc3)CCCCC2)C(C)(C)C)cc1. The maximum Gasteiger partial charge on any atom is 0.236 e. The molecule has 4 aromatic rings. The van der Waals surface area contributed by atoms with Gasteiger partial charge < -0.3 is 20.8 Å². The van der Waals surface area contributed by atoms with E-state index in [0.29, 0.717) is 47.9 Å². The Morgan fingerprint density at radius 3 is 0.944 bits per heavy atom. The van der Waals surface area contributed by atoms with Crippen molar-refractivity contribution in [3.63, 3.8) is 0 Å². The topological polar surface area (TPSA) is 98.7 Å². The van der Waals surface area contributed by atoms with Crippen molar-refractivity contribution in [3.8, 4) is 0 Å². The number of nitrogens with one attached hydrogen (secondary N) is 2. The van der Waals surface area contributed by atoms with Crippen molar-refractivity contribution in [2.45, 2.75) is 125 Å². The minimum Gasteiger partial charge on any atom is -0.378 e. The maximum absolute atomic E-state index is 15.2. The van der Waals surface area contributed by atoms with E-state index in [1.165, 1.54) is 0 Å². The van der Waals surface area contributed by atoms with Crippen LogP contribution in [-0.4, -0.2) is 34.1 Å². The molecule has 2 atom stereocenters. The zero-order valence-electron chi connectivity index (χ0n) is 34.1. The lowest BCUT2D eigenvalue weighted by Gasteiger charge is -2.48. The predicted octanol–water partition coefficient (Wildman–Crippen LogP) is 9.10. The summed E-state index contributed by atoms with van der Waals surface area (Å²) < 4.78 is 0. The van der Waals surface area contributed by atoms with Crippen molar-refractivity contribution in [1.82, 2.24) is 10.6 Å². The Labute approximate surface area is 323 Å². The zero-order chi connectivity index (χ0) is 39.7. The van der Waals surface area contributed by atoms with Gasteiger partial charge in [-0.25, -0.2) is 0 Å². The lowest BCUT2D eigenvalue weighted by Crippen LogP contribution is -2.65. The molecule has 2 amide bonds. The summed E-state index contributed by atoms with van der Waals surface area (Å²) in [4.78, 5) is 30.4. The van der Waals surface area contributed by atoms with E-state index in [0.717, 1.165) is 28.7 Å². The van der Waals surface area contributed by atoms with Crippen molar-refractivity contribution in [3.05, 3.63) is 142 Å². The molecule has 1 fully saturated rings. The summed E-state index contributed by atoms with van der Waals surface area (Å²) in [6.07, 6.45) is 3.06. The Kier molecular flexibility index (Phi) is 11.7. The van der Waals surface area contributed by atoms with E-state index in [4.69, 9.17) is 0 Å². The Hall–Kier alpha value is -4.26. The summed E-state index contributed by atoms with van der Waals surface area (Å²) in [5, 5.41) is 32.9. The molecule has 0 aromatic heterocycles. The van der Waals surface area contributed by atoms with E-state index in [1.807, 2.05) is 166 Å². The van der Waals surface area contributed by atoms with Gasteiger partial charge in [-0.3, -0.25) is 9.59 Å². The van der Waals surface area contributed by atoms with Crippen LogP contribution >= 0.6 is 0 Å². The van der Waals surface area contributed by atoms with Crippen LogP contribution in [0.15, 0.2) is 97.1 Å². The highest BCUT2D eigenvalue weighted by molar-refractivity contribution is 6.05. The Balaban J connectivity index is 1.61. The molecule has 0 bridgehead atoms. The normalized spacial score (nSPS) is 16.3. The first-order valence-corrected chi connectivity index (χ1v) is 19.6. The van der Waals surface area contributed by atoms with Crippen molar-refractivity contribution in [1.29, 1.82) is 0 Å². The third-order valence-corrected chi connectivity index (χ3v) is 11.7. The molecule has 5 rings (SSSR count). The van der Waals surface area contributed by atoms with E-state index in [9.17, 15) is 10.2 Å². The average molecular weight is 731 g/mol. The van der Waals surface area contributed by atoms with Crippen LogP contribution in [0, 0.1) is 43.9 Å². The van der Waals surface area contributed by atoms with Crippen LogP contribution in [0.4, 0.5) is 0 Å². The molecular weight excluding hydrogens is 669 g/mol. The fourth-order valence-corrected chi connectivity index (χ4v) is 8.38. The number of amides is 2. The summed E-state index contributed by atoms with van der Waals surface area (Å²) in [7, 11) is 0. The molecule has 1 aliphatic rings. The van der Waals surface area contributed by atoms with Gasteiger partial charge in [0.2, 0.25) is 11.8 Å². The van der Waals surface area contributed by atoms with Crippen LogP contribution in [0.25, 0.3) is 0 Å². The van der Waals surface area contributed by atoms with Gasteiger partial charge in [-0.05, 0) is 73.6 Å². The second kappa shape index (κ2) is 15.5. The van der Waals surface area contributed by atoms with Gasteiger partial charge in [-0.1, -0.05) is 180 Å². The van der Waals surface area contributed by atoms with E-state index >= 15 is 9.59 Å². The Bertz CT molecular complexity index is 1660. The molecule has 288 valence electrons. The van der Waals surface area contributed by atoms with Crippen molar-refractivity contribution < 1.29 is 19.8 Å². The third kappa shape index (κ3) is 8.06. The van der Waals surface area contributed by atoms with E-state index < -0.39 is 51.3 Å². The number of aliphatic hydroxyl groups is 2. The number of carbonyl (C=O) groups is 2. The quantitative estimate of drug-likeness (QED) is 0.122. The summed E-state index contributed by atoms with van der Waals surface area (Å²) in [5.74, 6) is -0.807. The average Bonchev–Trinajstić information content (AvgIpc) is 3.12. The van der Waals surface area contributed by atoms with E-state index in [2.05, 4.69) is 10.6 Å². The van der Waals surface area contributed by atoms with Crippen LogP contribution in [0.3, 0.4) is 0 Å². The van der Waals surface area contributed by atoms with Crippen molar-refractivity contribution >= 4 is 11.8 Å². The molecule has 1 aliphatic carbocycles. The number of benzene rings is 4. The molecule has 0 spiro atoms. The first kappa shape index (κ1) is 40.9. The van der Waals surface area contributed by atoms with Gasteiger partial charge in [0.15, 0.2) is 0 Å². The van der Waals surface area contributed by atoms with E-state index in [1.54, 1.807) is 0 Å². The lowest BCUT2D eigenvalue weighted by molar-refractivity contribution is -0.151. The number of rotatable bonds is 10. The Morgan fingerprint density at radius 2 is 0.722 bits per heavy atom. The van der Waals surface area contributed by atoms with Gasteiger partial charge in [0.1, 0.15) is 16.6 Å². The first-order chi connectivity index (χ1) is 25.2. The molecule has 0 aliphatic heterocycles. The molecule has 6 heteroatoms. The molecule has 6 nitrogen and oxygen atoms in total. The summed E-state index contributed by atoms with van der Waals surface area (Å²) in [6.45, 7) is 20.1. The van der Waals surface area contributed by atoms with Gasteiger partial charge >= 0.3 is 0 Å². The van der Waals surface area contributed by atoms with Crippen LogP contribution in [0.1, 0.15) is 118 Å². The highest BCUT2D eigenvalue weighted by Gasteiger charge is 2.55. The number of hydrogen-bond acceptors (Lipinski definition) is 4. The second-order valence-electron chi connectivity index (χ2n) is 18.2. The van der Waals surface area contributed by atoms with Crippen LogP contribution < -0.4 is 10.6 Å². The van der Waals surface area contributed by atoms with Crippen LogP contribution in [-0.2, 0) is 20.8 Å². The fourth-order valence-electron chi connectivity index (χ4n) is 8.38. The third-order valence-electron chi connectivity index (χ3n) is 11.7. The standard InChI is InChI=1S/C48H62N2O4/c1-32-14-22-36(23-15-32)47(53,37-24-16-33(2)17-25-37)40(44(5,6)7)49-42(51)46(30-12-11-13-31-46)43(52)50-41(45(8,9)10)48(54,38-26-18-34(3)19-27-38)39-28-20-35(4)21-29-39/h14-29,40-41,53-54H,11-13,30-31H2,1-10H3,(H,49,51)(H,50,52)/t40-,41-/m1/s1. The summed E-state index contributed by atoms with van der Waals surface area (Å²) in [5.41, 5.74) is 0.937. The lowest BCUT2D eigenvalue weighted by atomic mass is 9.66. The predicted molar refractivity (Wildman–Crippen MR) is 219 cm³/mol. The molecule has 54 heavy (non-hydrogen) atoms. The van der Waals surface area contributed by atoms with Crippen LogP contribution in [0.5, 0.6) is 0 Å². The molecule has 0 radical (unpaired) electrons. The first-order valence-electron chi connectivity index (χ1n) is 19.6. The fraction of sp³-hybridized carbons (Fsp3) is 0.458. The molecule has 0 heterocycles. The highest BCUT2D eigenvalue weighted by Crippen LogP contribution is 2.45. The van der Waals surface area contributed by atoms with Gasteiger partial charge in [-0.15, -0.1) is 0 Å². The van der Waals surface area contributed by atoms with Gasteiger partial charge in [0, 0.05) is 0 Å². The minimum absolute atomic E-state index is 0.360. The maximum atomic E-state index is 15.2. The van der Waals surface area contributed by atoms with Crippen LogP contribution in [0.2, 0.25) is 0 Å². The van der Waals surface area contributed by atoms with Crippen molar-refractivity contribution in [2.24, 2.45) is 16.2 Å². The highest BCUT2D eigenvalue weighted by atomic mass is 16.3. The molecule has 0 saturated heterocycles. The molecule has 4 aromatic carbocycles. The molecule has 0 unspecified atom stereocenters. The summed E-state index contributed by atoms with van der Waals surface area (Å²) in [6, 6.07) is 29.6. The number of aryl methyl sites for hydroxylation is 4. The largest absolute Gasteiger partial charge is 0.378 e. The molecule has 4 N–H and O–H groups in total. The van der Waals surface area contributed by atoms with Gasteiger partial charge in [-0.2, -0.15) is 0 Å². The molecular formula is C48H62N2O4. The minimum atomic E-state index is -1.62. The monoisotopic (exact) mass is 730 g/mol. The van der Waals surface area contributed by atoms with Gasteiger partial charge in [0.25, 0.3) is 0 Å². The number of hydrogen-bond donors (Lipinski definition) is 4. The van der Waals surface area contributed by atoms with Gasteiger partial charge in [0.05, 0.1) is 12.1 Å². The summed E-state index contributed by atoms with van der Waals surface area (Å²) >= 11 is 0. The van der Waals surface area contributed by atoms with E-state index in [-0.39, 0.29) is 0 Å². The number of carbonyl (C=O) groups excluding carboxylic acids is 2. The zero-order valence-corrected chi connectivity index (χ0v) is 34.1.